The summed E-state index contributed by atoms with van der Waals surface area (Å²) in [5.74, 6) is 0.164. The van der Waals surface area contributed by atoms with Crippen molar-refractivity contribution in [1.82, 2.24) is 10.2 Å². The molecule has 21 heavy (non-hydrogen) atoms. The third-order valence-corrected chi connectivity index (χ3v) is 5.47. The van der Waals surface area contributed by atoms with Gasteiger partial charge in [-0.3, -0.25) is 9.59 Å². The van der Waals surface area contributed by atoms with E-state index in [-0.39, 0.29) is 29.2 Å². The summed E-state index contributed by atoms with van der Waals surface area (Å²) in [5.41, 5.74) is 0. The molecule has 0 aromatic rings. The molecule has 7 heteroatoms. The maximum absolute atomic E-state index is 12.2. The number of nitrogens with one attached hydrogen (secondary N) is 1. The Hall–Kier alpha value is -1.11. The van der Waals surface area contributed by atoms with E-state index < -0.39 is 21.9 Å². The van der Waals surface area contributed by atoms with E-state index in [0.717, 1.165) is 0 Å². The third-order valence-electron chi connectivity index (χ3n) is 3.68. The number of carbonyl (C=O) groups excluding carboxylic acids is 2. The van der Waals surface area contributed by atoms with Crippen molar-refractivity contribution in [2.24, 2.45) is 5.92 Å². The number of sulfone groups is 1. The molecule has 1 fully saturated rings. The molecule has 1 aliphatic heterocycles. The second kappa shape index (κ2) is 7.24. The van der Waals surface area contributed by atoms with E-state index in [2.05, 4.69) is 5.32 Å². The van der Waals surface area contributed by atoms with Crippen LogP contribution in [0, 0.1) is 5.92 Å². The predicted molar refractivity (Wildman–Crippen MR) is 81.5 cm³/mol. The van der Waals surface area contributed by atoms with Crippen molar-refractivity contribution in [3.05, 3.63) is 0 Å². The van der Waals surface area contributed by atoms with Crippen molar-refractivity contribution < 1.29 is 18.0 Å². The van der Waals surface area contributed by atoms with Gasteiger partial charge in [-0.2, -0.15) is 0 Å². The number of amides is 2. The molecule has 2 amide bonds. The van der Waals surface area contributed by atoms with Crippen LogP contribution in [0.15, 0.2) is 0 Å². The molecule has 122 valence electrons. The maximum Gasteiger partial charge on any atom is 0.245 e. The quantitative estimate of drug-likeness (QED) is 0.744. The van der Waals surface area contributed by atoms with Gasteiger partial charge >= 0.3 is 0 Å². The van der Waals surface area contributed by atoms with Crippen molar-refractivity contribution in [2.45, 2.75) is 52.6 Å². The molecule has 2 atom stereocenters. The molecular weight excluding hydrogens is 292 g/mol. The second-order valence-corrected chi connectivity index (χ2v) is 8.47. The van der Waals surface area contributed by atoms with E-state index >= 15 is 0 Å². The lowest BCUT2D eigenvalue weighted by atomic mass is 9.98. The average Bonchev–Trinajstić information content (AvgIpc) is 2.39. The van der Waals surface area contributed by atoms with E-state index in [1.165, 1.54) is 0 Å². The van der Waals surface area contributed by atoms with Gasteiger partial charge in [-0.1, -0.05) is 20.8 Å². The smallest absolute Gasteiger partial charge is 0.245 e. The van der Waals surface area contributed by atoms with Crippen LogP contribution >= 0.6 is 0 Å². The molecule has 1 rings (SSSR count). The van der Waals surface area contributed by atoms with Crippen LogP contribution < -0.4 is 5.32 Å². The van der Waals surface area contributed by atoms with Gasteiger partial charge in [0.1, 0.15) is 21.9 Å². The monoisotopic (exact) mass is 318 g/mol. The van der Waals surface area contributed by atoms with Gasteiger partial charge in [0.05, 0.1) is 5.75 Å². The van der Waals surface area contributed by atoms with Crippen molar-refractivity contribution >= 4 is 21.7 Å². The highest BCUT2D eigenvalue weighted by atomic mass is 32.2. The van der Waals surface area contributed by atoms with E-state index in [1.807, 2.05) is 13.8 Å². The molecule has 1 heterocycles. The minimum Gasteiger partial charge on any atom is -0.343 e. The van der Waals surface area contributed by atoms with Gasteiger partial charge in [0.15, 0.2) is 0 Å². The maximum atomic E-state index is 12.2. The number of hydrogen-bond acceptors (Lipinski definition) is 4. The molecule has 0 aromatic carbocycles. The highest BCUT2D eigenvalue weighted by molar-refractivity contribution is 7.91. The normalized spacial score (nSPS) is 23.6. The zero-order chi connectivity index (χ0) is 16.2. The van der Waals surface area contributed by atoms with E-state index in [1.54, 1.807) is 18.7 Å². The first-order valence-electron chi connectivity index (χ1n) is 7.49. The first-order valence-corrected chi connectivity index (χ1v) is 9.31. The zero-order valence-electron chi connectivity index (χ0n) is 13.3. The van der Waals surface area contributed by atoms with Gasteiger partial charge in [-0.15, -0.1) is 0 Å². The molecular formula is C14H26N2O4S. The lowest BCUT2D eigenvalue weighted by Crippen LogP contribution is -2.62. The minimum atomic E-state index is -3.04. The molecule has 2 unspecified atom stereocenters. The number of hydrogen-bond donors (Lipinski definition) is 1. The Morgan fingerprint density at radius 2 is 1.90 bits per heavy atom. The van der Waals surface area contributed by atoms with Crippen LogP contribution in [0.4, 0.5) is 0 Å². The largest absolute Gasteiger partial charge is 0.343 e. The first-order chi connectivity index (χ1) is 9.68. The van der Waals surface area contributed by atoms with Crippen LogP contribution in [0.3, 0.4) is 0 Å². The molecule has 0 saturated carbocycles. The number of piperazine rings is 1. The molecule has 0 aliphatic carbocycles. The van der Waals surface area contributed by atoms with Gasteiger partial charge in [-0.05, 0) is 25.7 Å². The van der Waals surface area contributed by atoms with Crippen LogP contribution in [0.5, 0.6) is 0 Å². The predicted octanol–water partition coefficient (Wildman–Crippen LogP) is 0.573. The summed E-state index contributed by atoms with van der Waals surface area (Å²) < 4.78 is 23.1. The lowest BCUT2D eigenvalue weighted by Gasteiger charge is -2.38. The molecule has 0 bridgehead atoms. The Bertz CT molecular complexity index is 487. The SMILES string of the molecule is CCS(=O)(=O)CCCN1C(=O)C(C)NC(=O)C1CC(C)C. The van der Waals surface area contributed by atoms with Crippen molar-refractivity contribution in [1.29, 1.82) is 0 Å². The van der Waals surface area contributed by atoms with Gasteiger partial charge in [0.2, 0.25) is 11.8 Å². The summed E-state index contributed by atoms with van der Waals surface area (Å²) in [6.07, 6.45) is 0.960. The van der Waals surface area contributed by atoms with Gasteiger partial charge in [-0.25, -0.2) is 8.42 Å². The molecule has 6 nitrogen and oxygen atoms in total. The van der Waals surface area contributed by atoms with Gasteiger partial charge in [0.25, 0.3) is 0 Å². The number of nitrogens with zero attached hydrogens (tertiary/aromatic N) is 1. The van der Waals surface area contributed by atoms with E-state index in [4.69, 9.17) is 0 Å². The van der Waals surface area contributed by atoms with Gasteiger partial charge in [0, 0.05) is 12.3 Å². The highest BCUT2D eigenvalue weighted by Gasteiger charge is 2.38. The molecule has 0 radical (unpaired) electrons. The van der Waals surface area contributed by atoms with Crippen LogP contribution in [-0.2, 0) is 19.4 Å². The summed E-state index contributed by atoms with van der Waals surface area (Å²) in [7, 11) is -3.04. The highest BCUT2D eigenvalue weighted by Crippen LogP contribution is 2.18. The third kappa shape index (κ3) is 4.98. The summed E-state index contributed by atoms with van der Waals surface area (Å²) in [6.45, 7) is 7.57. The Morgan fingerprint density at radius 1 is 1.29 bits per heavy atom. The van der Waals surface area contributed by atoms with Gasteiger partial charge < -0.3 is 10.2 Å². The topological polar surface area (TPSA) is 83.6 Å². The second-order valence-electron chi connectivity index (χ2n) is 6.00. The summed E-state index contributed by atoms with van der Waals surface area (Å²) in [4.78, 5) is 25.9. The Morgan fingerprint density at radius 3 is 2.43 bits per heavy atom. The summed E-state index contributed by atoms with van der Waals surface area (Å²) in [5, 5.41) is 2.68. The van der Waals surface area contributed by atoms with E-state index in [0.29, 0.717) is 19.4 Å². The lowest BCUT2D eigenvalue weighted by molar-refractivity contribution is -0.149. The molecule has 1 N–H and O–H groups in total. The van der Waals surface area contributed by atoms with Crippen LogP contribution in [0.25, 0.3) is 0 Å². The Balaban J connectivity index is 2.76. The van der Waals surface area contributed by atoms with Crippen molar-refractivity contribution in [3.8, 4) is 0 Å². The first kappa shape index (κ1) is 17.9. The molecule has 1 aliphatic rings. The Labute approximate surface area is 127 Å². The average molecular weight is 318 g/mol. The fourth-order valence-corrected chi connectivity index (χ4v) is 3.32. The summed E-state index contributed by atoms with van der Waals surface area (Å²) in [6, 6.07) is -1.03. The minimum absolute atomic E-state index is 0.0533. The number of rotatable bonds is 7. The fourth-order valence-electron chi connectivity index (χ4n) is 2.46. The summed E-state index contributed by atoms with van der Waals surface area (Å²) >= 11 is 0. The van der Waals surface area contributed by atoms with Crippen molar-refractivity contribution in [2.75, 3.05) is 18.1 Å². The zero-order valence-corrected chi connectivity index (χ0v) is 14.1. The molecule has 0 aromatic heterocycles. The van der Waals surface area contributed by atoms with Crippen LogP contribution in [-0.4, -0.2) is 55.3 Å². The Kier molecular flexibility index (Phi) is 6.19. The van der Waals surface area contributed by atoms with Crippen LogP contribution in [0.2, 0.25) is 0 Å². The number of carbonyl (C=O) groups is 2. The fraction of sp³-hybridized carbons (Fsp3) is 0.857. The van der Waals surface area contributed by atoms with E-state index in [9.17, 15) is 18.0 Å². The molecule has 1 saturated heterocycles. The molecule has 0 spiro atoms. The standard InChI is InChI=1S/C14H26N2O4S/c1-5-21(19,20)8-6-7-16-12(9-10(2)3)13(17)15-11(4)14(16)18/h10-12H,5-9H2,1-4H3,(H,15,17). The van der Waals surface area contributed by atoms with Crippen molar-refractivity contribution in [3.63, 3.8) is 0 Å². The van der Waals surface area contributed by atoms with Crippen LogP contribution in [0.1, 0.15) is 40.5 Å².